The van der Waals surface area contributed by atoms with E-state index in [0.29, 0.717) is 23.9 Å². The molecule has 1 saturated heterocycles. The van der Waals surface area contributed by atoms with Crippen LogP contribution in [0.1, 0.15) is 34.7 Å². The first kappa shape index (κ1) is 12.5. The summed E-state index contributed by atoms with van der Waals surface area (Å²) in [6.45, 7) is 0. The van der Waals surface area contributed by atoms with Gasteiger partial charge in [0.1, 0.15) is 0 Å². The fourth-order valence-corrected chi connectivity index (χ4v) is 2.59. The van der Waals surface area contributed by atoms with Crippen molar-refractivity contribution in [2.45, 2.75) is 18.8 Å². The lowest BCUT2D eigenvalue weighted by molar-refractivity contribution is -0.134. The summed E-state index contributed by atoms with van der Waals surface area (Å²) in [6, 6.07) is 7.00. The van der Waals surface area contributed by atoms with E-state index in [2.05, 4.69) is 10.3 Å². The molecular formula is C15H12N2O3. The fourth-order valence-electron chi connectivity index (χ4n) is 2.59. The molecule has 1 aliphatic heterocycles. The maximum Gasteiger partial charge on any atom is 0.234 e. The van der Waals surface area contributed by atoms with Crippen LogP contribution < -0.4 is 5.32 Å². The number of nitrogens with one attached hydrogen (secondary N) is 1. The molecule has 3 rings (SSSR count). The number of nitrogens with zero attached hydrogens (tertiary/aromatic N) is 1. The van der Waals surface area contributed by atoms with E-state index in [1.807, 2.05) is 0 Å². The van der Waals surface area contributed by atoms with Crippen molar-refractivity contribution in [2.24, 2.45) is 0 Å². The first-order valence-corrected chi connectivity index (χ1v) is 6.37. The van der Waals surface area contributed by atoms with Crippen molar-refractivity contribution in [3.05, 3.63) is 41.6 Å². The summed E-state index contributed by atoms with van der Waals surface area (Å²) in [5.41, 5.74) is 1.95. The Morgan fingerprint density at radius 3 is 2.85 bits per heavy atom. The highest BCUT2D eigenvalue weighted by molar-refractivity contribution is 6.04. The van der Waals surface area contributed by atoms with Gasteiger partial charge in [0.05, 0.1) is 11.4 Å². The molecule has 1 aromatic carbocycles. The zero-order valence-electron chi connectivity index (χ0n) is 10.6. The Morgan fingerprint density at radius 2 is 2.10 bits per heavy atom. The normalized spacial score (nSPS) is 18.9. The molecule has 0 aliphatic carbocycles. The van der Waals surface area contributed by atoms with E-state index < -0.39 is 5.92 Å². The smallest absolute Gasteiger partial charge is 0.234 e. The molecule has 5 heteroatoms. The first-order valence-electron chi connectivity index (χ1n) is 6.37. The second-order valence-corrected chi connectivity index (χ2v) is 4.77. The molecule has 1 N–H and O–H groups in total. The first-order chi connectivity index (χ1) is 9.70. The largest absolute Gasteiger partial charge is 0.298 e. The Balaban J connectivity index is 2.15. The van der Waals surface area contributed by atoms with Crippen molar-refractivity contribution < 1.29 is 14.4 Å². The minimum Gasteiger partial charge on any atom is -0.298 e. The number of imide groups is 1. The van der Waals surface area contributed by atoms with Gasteiger partial charge in [-0.15, -0.1) is 0 Å². The van der Waals surface area contributed by atoms with Crippen molar-refractivity contribution in [2.75, 3.05) is 0 Å². The minimum absolute atomic E-state index is 0.243. The number of amides is 2. The minimum atomic E-state index is -0.397. The van der Waals surface area contributed by atoms with Crippen LogP contribution in [0.15, 0.2) is 30.5 Å². The quantitative estimate of drug-likeness (QED) is 0.662. The molecule has 5 nitrogen and oxygen atoms in total. The second kappa shape index (κ2) is 4.85. The van der Waals surface area contributed by atoms with Crippen LogP contribution in [0, 0.1) is 0 Å². The third kappa shape index (κ3) is 1.97. The molecular weight excluding hydrogens is 256 g/mol. The highest BCUT2D eigenvalue weighted by Gasteiger charge is 2.29. The lowest BCUT2D eigenvalue weighted by Gasteiger charge is -2.22. The molecule has 20 heavy (non-hydrogen) atoms. The van der Waals surface area contributed by atoms with Crippen LogP contribution >= 0.6 is 0 Å². The van der Waals surface area contributed by atoms with Crippen LogP contribution in [-0.4, -0.2) is 23.1 Å². The fraction of sp³-hybridized carbons (Fsp3) is 0.200. The van der Waals surface area contributed by atoms with Gasteiger partial charge in [-0.2, -0.15) is 0 Å². The Morgan fingerprint density at radius 1 is 1.25 bits per heavy atom. The third-order valence-electron chi connectivity index (χ3n) is 3.58. The number of fused-ring (bicyclic) bond motifs is 1. The van der Waals surface area contributed by atoms with E-state index in [9.17, 15) is 14.4 Å². The van der Waals surface area contributed by atoms with Gasteiger partial charge >= 0.3 is 0 Å². The average Bonchev–Trinajstić information content (AvgIpc) is 2.47. The molecule has 0 saturated carbocycles. The number of aromatic nitrogens is 1. The molecule has 2 heterocycles. The SMILES string of the molecule is O=Cc1ccc(C2CCC(=O)NC2=O)c2ncccc12. The lowest BCUT2D eigenvalue weighted by atomic mass is 9.88. The monoisotopic (exact) mass is 268 g/mol. The van der Waals surface area contributed by atoms with E-state index in [4.69, 9.17) is 0 Å². The van der Waals surface area contributed by atoms with Gasteiger partial charge in [0.2, 0.25) is 11.8 Å². The van der Waals surface area contributed by atoms with Crippen LogP contribution in [0.25, 0.3) is 10.9 Å². The van der Waals surface area contributed by atoms with Crippen molar-refractivity contribution >= 4 is 29.0 Å². The maximum absolute atomic E-state index is 12.0. The summed E-state index contributed by atoms with van der Waals surface area (Å²) in [5.74, 6) is -0.939. The number of benzene rings is 1. The summed E-state index contributed by atoms with van der Waals surface area (Å²) in [5, 5.41) is 3.07. The Kier molecular flexibility index (Phi) is 3.02. The molecule has 0 spiro atoms. The number of rotatable bonds is 2. The summed E-state index contributed by atoms with van der Waals surface area (Å²) in [6.07, 6.45) is 3.20. The molecule has 1 aliphatic rings. The van der Waals surface area contributed by atoms with Crippen LogP contribution in [0.3, 0.4) is 0 Å². The standard InChI is InChI=1S/C15H12N2O3/c18-8-9-3-4-11(14-10(9)2-1-7-16-14)12-5-6-13(19)17-15(12)20/h1-4,7-8,12H,5-6H2,(H,17,19,20). The van der Waals surface area contributed by atoms with Crippen LogP contribution in [0.2, 0.25) is 0 Å². The Labute approximate surface area is 115 Å². The van der Waals surface area contributed by atoms with Crippen LogP contribution in [-0.2, 0) is 9.59 Å². The topological polar surface area (TPSA) is 76.1 Å². The van der Waals surface area contributed by atoms with Gasteiger partial charge in [-0.05, 0) is 18.1 Å². The van der Waals surface area contributed by atoms with Crippen molar-refractivity contribution in [1.82, 2.24) is 10.3 Å². The van der Waals surface area contributed by atoms with Gasteiger partial charge in [0, 0.05) is 23.6 Å². The molecule has 1 fully saturated rings. The molecule has 2 aromatic rings. The van der Waals surface area contributed by atoms with E-state index in [0.717, 1.165) is 17.2 Å². The summed E-state index contributed by atoms with van der Waals surface area (Å²) >= 11 is 0. The second-order valence-electron chi connectivity index (χ2n) is 4.77. The van der Waals surface area contributed by atoms with E-state index >= 15 is 0 Å². The summed E-state index contributed by atoms with van der Waals surface area (Å²) in [4.78, 5) is 38.6. The van der Waals surface area contributed by atoms with Crippen molar-refractivity contribution in [1.29, 1.82) is 0 Å². The van der Waals surface area contributed by atoms with E-state index in [1.165, 1.54) is 0 Å². The molecule has 1 unspecified atom stereocenters. The molecule has 2 amide bonds. The highest BCUT2D eigenvalue weighted by atomic mass is 16.2. The molecule has 100 valence electrons. The third-order valence-corrected chi connectivity index (χ3v) is 3.58. The molecule has 0 radical (unpaired) electrons. The number of piperidine rings is 1. The number of hydrogen-bond donors (Lipinski definition) is 1. The summed E-state index contributed by atoms with van der Waals surface area (Å²) in [7, 11) is 0. The van der Waals surface area contributed by atoms with Crippen LogP contribution in [0.4, 0.5) is 0 Å². The zero-order chi connectivity index (χ0) is 14.1. The van der Waals surface area contributed by atoms with Crippen LogP contribution in [0.5, 0.6) is 0 Å². The number of pyridine rings is 1. The van der Waals surface area contributed by atoms with Gasteiger partial charge in [0.25, 0.3) is 0 Å². The predicted octanol–water partition coefficient (Wildman–Crippen LogP) is 1.57. The number of carbonyl (C=O) groups is 3. The van der Waals surface area contributed by atoms with Gasteiger partial charge in [-0.3, -0.25) is 24.7 Å². The zero-order valence-corrected chi connectivity index (χ0v) is 10.6. The number of hydrogen-bond acceptors (Lipinski definition) is 4. The summed E-state index contributed by atoms with van der Waals surface area (Å²) < 4.78 is 0. The van der Waals surface area contributed by atoms with Gasteiger partial charge < -0.3 is 0 Å². The molecule has 0 bridgehead atoms. The van der Waals surface area contributed by atoms with Gasteiger partial charge in [-0.25, -0.2) is 0 Å². The van der Waals surface area contributed by atoms with Gasteiger partial charge in [-0.1, -0.05) is 18.2 Å². The molecule has 1 aromatic heterocycles. The van der Waals surface area contributed by atoms with Crippen molar-refractivity contribution in [3.8, 4) is 0 Å². The van der Waals surface area contributed by atoms with E-state index in [1.54, 1.807) is 30.5 Å². The Bertz CT molecular complexity index is 724. The number of carbonyl (C=O) groups excluding carboxylic acids is 3. The number of aldehydes is 1. The maximum atomic E-state index is 12.0. The lowest BCUT2D eigenvalue weighted by Crippen LogP contribution is -2.39. The average molecular weight is 268 g/mol. The predicted molar refractivity (Wildman–Crippen MR) is 72.3 cm³/mol. The molecule has 1 atom stereocenters. The van der Waals surface area contributed by atoms with Gasteiger partial charge in [0.15, 0.2) is 6.29 Å². The highest BCUT2D eigenvalue weighted by Crippen LogP contribution is 2.30. The van der Waals surface area contributed by atoms with E-state index in [-0.39, 0.29) is 11.8 Å². The van der Waals surface area contributed by atoms with Crippen molar-refractivity contribution in [3.63, 3.8) is 0 Å². The Hall–Kier alpha value is -2.56.